The topological polar surface area (TPSA) is 78.4 Å². The fraction of sp³-hybridized carbons (Fsp3) is 0.273. The molecule has 8 heteroatoms. The summed E-state index contributed by atoms with van der Waals surface area (Å²) in [7, 11) is 0. The van der Waals surface area contributed by atoms with Crippen molar-refractivity contribution < 1.29 is 27.9 Å². The first-order valence-corrected chi connectivity index (χ1v) is 5.23. The van der Waals surface area contributed by atoms with E-state index >= 15 is 0 Å². The van der Waals surface area contributed by atoms with Gasteiger partial charge < -0.3 is 15.7 Å². The molecule has 1 rings (SSSR count). The normalized spacial score (nSPS) is 11.8. The summed E-state index contributed by atoms with van der Waals surface area (Å²) < 4.78 is 38.7. The van der Waals surface area contributed by atoms with Crippen LogP contribution in [0.1, 0.15) is 6.92 Å². The zero-order chi connectivity index (χ0) is 14.6. The molecule has 0 spiro atoms. The van der Waals surface area contributed by atoms with Crippen LogP contribution in [-0.2, 0) is 9.59 Å². The number of benzene rings is 1. The van der Waals surface area contributed by atoms with Crippen LogP contribution in [0.2, 0.25) is 0 Å². The van der Waals surface area contributed by atoms with Crippen LogP contribution in [0, 0.1) is 17.5 Å². The number of carbonyl (C=O) groups is 2. The third-order valence-electron chi connectivity index (χ3n) is 2.14. The number of aliphatic hydroxyl groups is 1. The molecule has 0 fully saturated rings. The van der Waals surface area contributed by atoms with Crippen molar-refractivity contribution in [1.29, 1.82) is 0 Å². The van der Waals surface area contributed by atoms with Crippen molar-refractivity contribution in [2.24, 2.45) is 0 Å². The monoisotopic (exact) mass is 276 g/mol. The molecule has 104 valence electrons. The number of amides is 2. The summed E-state index contributed by atoms with van der Waals surface area (Å²) in [5.41, 5.74) is -0.657. The van der Waals surface area contributed by atoms with Gasteiger partial charge in [-0.1, -0.05) is 0 Å². The van der Waals surface area contributed by atoms with Gasteiger partial charge in [0.15, 0.2) is 17.5 Å². The van der Waals surface area contributed by atoms with E-state index in [0.717, 1.165) is 6.07 Å². The Bertz CT molecular complexity index is 508. The molecule has 0 saturated carbocycles. The van der Waals surface area contributed by atoms with Gasteiger partial charge in [0.2, 0.25) is 0 Å². The summed E-state index contributed by atoms with van der Waals surface area (Å²) in [4.78, 5) is 22.6. The lowest BCUT2D eigenvalue weighted by Crippen LogP contribution is -2.42. The number of nitrogens with one attached hydrogen (secondary N) is 2. The number of rotatable bonds is 3. The molecule has 0 aliphatic heterocycles. The third-order valence-corrected chi connectivity index (χ3v) is 2.14. The summed E-state index contributed by atoms with van der Waals surface area (Å²) in [6, 6.07) is 0.726. The number of anilines is 1. The Kier molecular flexibility index (Phi) is 4.87. The minimum Gasteiger partial charge on any atom is -0.394 e. The van der Waals surface area contributed by atoms with Gasteiger partial charge in [-0.25, -0.2) is 13.2 Å². The molecular formula is C11H11F3N2O3. The zero-order valence-electron chi connectivity index (χ0n) is 9.84. The van der Waals surface area contributed by atoms with Crippen LogP contribution in [0.5, 0.6) is 0 Å². The lowest BCUT2D eigenvalue weighted by atomic mass is 10.2. The molecule has 0 heterocycles. The van der Waals surface area contributed by atoms with Gasteiger partial charge in [0.25, 0.3) is 0 Å². The fourth-order valence-electron chi connectivity index (χ4n) is 1.14. The number of hydrogen-bond donors (Lipinski definition) is 3. The maximum Gasteiger partial charge on any atom is 0.313 e. The number of carbonyl (C=O) groups excluding carboxylic acids is 2. The lowest BCUT2D eigenvalue weighted by Gasteiger charge is -2.11. The minimum absolute atomic E-state index is 0.390. The summed E-state index contributed by atoms with van der Waals surface area (Å²) in [5.74, 6) is -7.15. The average Bonchev–Trinajstić information content (AvgIpc) is 2.39. The van der Waals surface area contributed by atoms with Gasteiger partial charge in [0.05, 0.1) is 12.3 Å². The van der Waals surface area contributed by atoms with Crippen LogP contribution in [0.3, 0.4) is 0 Å². The van der Waals surface area contributed by atoms with Gasteiger partial charge in [-0.2, -0.15) is 0 Å². The second-order valence-corrected chi connectivity index (χ2v) is 3.73. The van der Waals surface area contributed by atoms with Gasteiger partial charge in [0, 0.05) is 6.04 Å². The van der Waals surface area contributed by atoms with E-state index in [1.165, 1.54) is 6.92 Å². The van der Waals surface area contributed by atoms with Crippen molar-refractivity contribution in [3.63, 3.8) is 0 Å². The first-order valence-electron chi connectivity index (χ1n) is 5.23. The summed E-state index contributed by atoms with van der Waals surface area (Å²) >= 11 is 0. The Hall–Kier alpha value is -2.09. The van der Waals surface area contributed by atoms with E-state index in [0.29, 0.717) is 6.07 Å². The smallest absolute Gasteiger partial charge is 0.313 e. The largest absolute Gasteiger partial charge is 0.394 e. The molecule has 3 N–H and O–H groups in total. The molecule has 0 aliphatic rings. The molecular weight excluding hydrogens is 265 g/mol. The molecule has 19 heavy (non-hydrogen) atoms. The molecule has 0 bridgehead atoms. The molecule has 0 radical (unpaired) electrons. The van der Waals surface area contributed by atoms with Crippen molar-refractivity contribution in [3.05, 3.63) is 29.6 Å². The van der Waals surface area contributed by atoms with Crippen molar-refractivity contribution >= 4 is 17.5 Å². The number of hydrogen-bond acceptors (Lipinski definition) is 3. The lowest BCUT2D eigenvalue weighted by molar-refractivity contribution is -0.136. The maximum atomic E-state index is 13.2. The van der Waals surface area contributed by atoms with Gasteiger partial charge in [-0.3, -0.25) is 9.59 Å². The first-order chi connectivity index (χ1) is 8.86. The van der Waals surface area contributed by atoms with Crippen molar-refractivity contribution in [2.45, 2.75) is 13.0 Å². The van der Waals surface area contributed by atoms with E-state index in [9.17, 15) is 22.8 Å². The maximum absolute atomic E-state index is 13.2. The second-order valence-electron chi connectivity index (χ2n) is 3.73. The highest BCUT2D eigenvalue weighted by molar-refractivity contribution is 6.39. The highest BCUT2D eigenvalue weighted by Gasteiger charge is 2.20. The van der Waals surface area contributed by atoms with E-state index in [-0.39, 0.29) is 0 Å². The predicted octanol–water partition coefficient (Wildman–Crippen LogP) is 0.539. The molecule has 0 aliphatic carbocycles. The highest BCUT2D eigenvalue weighted by atomic mass is 19.2. The second kappa shape index (κ2) is 6.19. The van der Waals surface area contributed by atoms with E-state index in [1.807, 2.05) is 0 Å². The quantitative estimate of drug-likeness (QED) is 0.557. The van der Waals surface area contributed by atoms with Crippen LogP contribution < -0.4 is 10.6 Å². The SMILES string of the molecule is CC(CO)NC(=O)C(=O)Nc1ccc(F)c(F)c1F. The Morgan fingerprint density at radius 1 is 1.21 bits per heavy atom. The van der Waals surface area contributed by atoms with Crippen molar-refractivity contribution in [3.8, 4) is 0 Å². The van der Waals surface area contributed by atoms with Crippen molar-refractivity contribution in [2.75, 3.05) is 11.9 Å². The first kappa shape index (κ1) is 15.0. The van der Waals surface area contributed by atoms with Crippen LogP contribution in [-0.4, -0.2) is 29.6 Å². The fourth-order valence-corrected chi connectivity index (χ4v) is 1.14. The number of halogens is 3. The van der Waals surface area contributed by atoms with E-state index in [1.54, 1.807) is 5.32 Å². The Balaban J connectivity index is 2.78. The zero-order valence-corrected chi connectivity index (χ0v) is 9.84. The van der Waals surface area contributed by atoms with Gasteiger partial charge in [-0.15, -0.1) is 0 Å². The van der Waals surface area contributed by atoms with Crippen LogP contribution in [0.25, 0.3) is 0 Å². The molecule has 1 aromatic rings. The van der Waals surface area contributed by atoms with Crippen molar-refractivity contribution in [1.82, 2.24) is 5.32 Å². The third kappa shape index (κ3) is 3.68. The Labute approximate surface area is 106 Å². The highest BCUT2D eigenvalue weighted by Crippen LogP contribution is 2.19. The molecule has 0 aromatic heterocycles. The Morgan fingerprint density at radius 3 is 2.42 bits per heavy atom. The van der Waals surface area contributed by atoms with Crippen LogP contribution in [0.4, 0.5) is 18.9 Å². The van der Waals surface area contributed by atoms with E-state index < -0.39 is 47.6 Å². The molecule has 0 saturated heterocycles. The summed E-state index contributed by atoms with van der Waals surface area (Å²) in [6.45, 7) is 1.04. The average molecular weight is 276 g/mol. The summed E-state index contributed by atoms with van der Waals surface area (Å²) in [5, 5.41) is 12.6. The molecule has 2 amide bonds. The molecule has 5 nitrogen and oxygen atoms in total. The van der Waals surface area contributed by atoms with Gasteiger partial charge in [-0.05, 0) is 19.1 Å². The molecule has 1 atom stereocenters. The standard InChI is InChI=1S/C11H11F3N2O3/c1-5(4-17)15-10(18)11(19)16-7-3-2-6(12)8(13)9(7)14/h2-3,5,17H,4H2,1H3,(H,15,18)(H,16,19). The molecule has 1 aromatic carbocycles. The summed E-state index contributed by atoms with van der Waals surface area (Å²) in [6.07, 6.45) is 0. The van der Waals surface area contributed by atoms with Crippen LogP contribution in [0.15, 0.2) is 12.1 Å². The Morgan fingerprint density at radius 2 is 1.84 bits per heavy atom. The molecule has 1 unspecified atom stereocenters. The van der Waals surface area contributed by atoms with E-state index in [4.69, 9.17) is 5.11 Å². The van der Waals surface area contributed by atoms with Gasteiger partial charge in [0.1, 0.15) is 0 Å². The minimum atomic E-state index is -1.75. The van der Waals surface area contributed by atoms with Crippen LogP contribution >= 0.6 is 0 Å². The number of aliphatic hydroxyl groups excluding tert-OH is 1. The van der Waals surface area contributed by atoms with E-state index in [2.05, 4.69) is 5.32 Å². The van der Waals surface area contributed by atoms with Gasteiger partial charge >= 0.3 is 11.8 Å². The predicted molar refractivity (Wildman–Crippen MR) is 59.6 cm³/mol.